The van der Waals surface area contributed by atoms with E-state index in [1.54, 1.807) is 24.3 Å². The van der Waals surface area contributed by atoms with Crippen molar-refractivity contribution in [3.8, 4) is 5.88 Å². The van der Waals surface area contributed by atoms with Crippen molar-refractivity contribution in [1.82, 2.24) is 4.98 Å². The monoisotopic (exact) mass is 243 g/mol. The minimum Gasteiger partial charge on any atom is -0.473 e. The van der Waals surface area contributed by atoms with Gasteiger partial charge in [0.15, 0.2) is 0 Å². The Bertz CT molecular complexity index is 456. The van der Waals surface area contributed by atoms with Crippen molar-refractivity contribution in [2.75, 3.05) is 12.9 Å². The summed E-state index contributed by atoms with van der Waals surface area (Å²) >= 11 is 0. The first-order valence-corrected chi connectivity index (χ1v) is 6.37. The lowest BCUT2D eigenvalue weighted by Crippen LogP contribution is -2.04. The quantitative estimate of drug-likeness (QED) is 0.553. The number of ether oxygens (including phenoxy) is 1. The lowest BCUT2D eigenvalue weighted by atomic mass is 10.4. The molecule has 0 unspecified atom stereocenters. The molecule has 16 heavy (non-hydrogen) atoms. The van der Waals surface area contributed by atoms with Crippen molar-refractivity contribution in [2.24, 2.45) is 0 Å². The van der Waals surface area contributed by atoms with E-state index in [1.165, 1.54) is 0 Å². The summed E-state index contributed by atoms with van der Waals surface area (Å²) in [6, 6.07) is 5.05. The maximum absolute atomic E-state index is 10.8. The fourth-order valence-electron chi connectivity index (χ4n) is 0.930. The molecule has 0 aliphatic heterocycles. The van der Waals surface area contributed by atoms with Gasteiger partial charge in [-0.2, -0.15) is 8.42 Å². The molecule has 0 bridgehead atoms. The number of hydrogen-bond acceptors (Lipinski definition) is 5. The molecule has 0 fully saturated rings. The predicted molar refractivity (Wildman–Crippen MR) is 59.6 cm³/mol. The van der Waals surface area contributed by atoms with Crippen LogP contribution in [0.4, 0.5) is 0 Å². The van der Waals surface area contributed by atoms with Crippen molar-refractivity contribution < 1.29 is 17.3 Å². The van der Waals surface area contributed by atoms with E-state index in [-0.39, 0.29) is 6.61 Å². The SMILES string of the molecule is C=CCOc1cccc(COS(C)(=O)=O)n1. The molecule has 0 spiro atoms. The van der Waals surface area contributed by atoms with Crippen LogP contribution in [0.1, 0.15) is 5.69 Å². The summed E-state index contributed by atoms with van der Waals surface area (Å²) in [5.41, 5.74) is 0.493. The molecule has 1 rings (SSSR count). The molecule has 0 radical (unpaired) electrons. The third-order valence-electron chi connectivity index (χ3n) is 1.55. The molecule has 0 aromatic carbocycles. The fourth-order valence-corrected chi connectivity index (χ4v) is 1.26. The van der Waals surface area contributed by atoms with Gasteiger partial charge in [0, 0.05) is 6.07 Å². The molecule has 1 aromatic heterocycles. The maximum Gasteiger partial charge on any atom is 0.264 e. The Morgan fingerprint density at radius 2 is 2.25 bits per heavy atom. The van der Waals surface area contributed by atoms with Crippen molar-refractivity contribution in [1.29, 1.82) is 0 Å². The molecule has 0 saturated heterocycles. The molecule has 0 saturated carbocycles. The van der Waals surface area contributed by atoms with Gasteiger partial charge in [-0.05, 0) is 6.07 Å². The van der Waals surface area contributed by atoms with E-state index in [4.69, 9.17) is 4.74 Å². The third kappa shape index (κ3) is 4.90. The second kappa shape index (κ2) is 5.62. The molecule has 1 heterocycles. The molecule has 0 aliphatic carbocycles. The second-order valence-electron chi connectivity index (χ2n) is 3.03. The number of aromatic nitrogens is 1. The van der Waals surface area contributed by atoms with E-state index in [9.17, 15) is 8.42 Å². The van der Waals surface area contributed by atoms with Gasteiger partial charge >= 0.3 is 0 Å². The van der Waals surface area contributed by atoms with Gasteiger partial charge in [0.05, 0.1) is 11.9 Å². The minimum atomic E-state index is -3.45. The lowest BCUT2D eigenvalue weighted by Gasteiger charge is -2.04. The van der Waals surface area contributed by atoms with E-state index < -0.39 is 10.1 Å². The molecule has 0 atom stereocenters. The van der Waals surface area contributed by atoms with Crippen LogP contribution in [0.15, 0.2) is 30.9 Å². The predicted octanol–water partition coefficient (Wildman–Crippen LogP) is 1.12. The highest BCUT2D eigenvalue weighted by atomic mass is 32.2. The number of hydrogen-bond donors (Lipinski definition) is 0. The lowest BCUT2D eigenvalue weighted by molar-refractivity contribution is 0.300. The van der Waals surface area contributed by atoms with Crippen molar-refractivity contribution >= 4 is 10.1 Å². The summed E-state index contributed by atoms with van der Waals surface area (Å²) < 4.78 is 31.3. The maximum atomic E-state index is 10.8. The van der Waals surface area contributed by atoms with Crippen LogP contribution in [0.2, 0.25) is 0 Å². The summed E-state index contributed by atoms with van der Waals surface area (Å²) in [4.78, 5) is 4.05. The smallest absolute Gasteiger partial charge is 0.264 e. The van der Waals surface area contributed by atoms with Gasteiger partial charge in [0.25, 0.3) is 10.1 Å². The Kier molecular flexibility index (Phi) is 4.45. The molecule has 5 nitrogen and oxygen atoms in total. The number of rotatable bonds is 6. The molecule has 0 amide bonds. The van der Waals surface area contributed by atoms with Crippen molar-refractivity contribution in [3.63, 3.8) is 0 Å². The normalized spacial score (nSPS) is 11.1. The molecule has 0 N–H and O–H groups in total. The van der Waals surface area contributed by atoms with Crippen LogP contribution in [0.3, 0.4) is 0 Å². The first-order valence-electron chi connectivity index (χ1n) is 4.55. The molecular weight excluding hydrogens is 230 g/mol. The molecule has 0 aliphatic rings. The van der Waals surface area contributed by atoms with Gasteiger partial charge in [-0.3, -0.25) is 4.18 Å². The van der Waals surface area contributed by atoms with Crippen LogP contribution in [0, 0.1) is 0 Å². The van der Waals surface area contributed by atoms with Crippen LogP contribution in [-0.2, 0) is 20.9 Å². The Morgan fingerprint density at radius 1 is 1.50 bits per heavy atom. The highest BCUT2D eigenvalue weighted by Crippen LogP contribution is 2.09. The third-order valence-corrected chi connectivity index (χ3v) is 2.10. The fraction of sp³-hybridized carbons (Fsp3) is 0.300. The Morgan fingerprint density at radius 3 is 2.88 bits per heavy atom. The summed E-state index contributed by atoms with van der Waals surface area (Å²) in [6.45, 7) is 3.77. The molecule has 88 valence electrons. The van der Waals surface area contributed by atoms with Gasteiger partial charge < -0.3 is 4.74 Å². The van der Waals surface area contributed by atoms with Gasteiger partial charge in [-0.15, -0.1) is 0 Å². The topological polar surface area (TPSA) is 65.5 Å². The van der Waals surface area contributed by atoms with E-state index in [1.807, 2.05) is 0 Å². The zero-order valence-corrected chi connectivity index (χ0v) is 9.74. The van der Waals surface area contributed by atoms with Crippen molar-refractivity contribution in [2.45, 2.75) is 6.61 Å². The Hall–Kier alpha value is -1.40. The summed E-state index contributed by atoms with van der Waals surface area (Å²) in [6.07, 6.45) is 2.59. The largest absolute Gasteiger partial charge is 0.473 e. The zero-order valence-electron chi connectivity index (χ0n) is 8.92. The van der Waals surface area contributed by atoms with Gasteiger partial charge in [0.2, 0.25) is 5.88 Å². The van der Waals surface area contributed by atoms with Crippen LogP contribution in [-0.4, -0.2) is 26.3 Å². The van der Waals surface area contributed by atoms with Gasteiger partial charge in [-0.1, -0.05) is 18.7 Å². The zero-order chi connectivity index (χ0) is 12.0. The van der Waals surface area contributed by atoms with Crippen LogP contribution >= 0.6 is 0 Å². The van der Waals surface area contributed by atoms with Crippen molar-refractivity contribution in [3.05, 3.63) is 36.5 Å². The summed E-state index contributed by atoms with van der Waals surface area (Å²) in [5.74, 6) is 0.412. The number of pyridine rings is 1. The average Bonchev–Trinajstić information content (AvgIpc) is 2.23. The minimum absolute atomic E-state index is 0.0931. The highest BCUT2D eigenvalue weighted by Gasteiger charge is 2.04. The van der Waals surface area contributed by atoms with E-state index in [2.05, 4.69) is 15.7 Å². The standard InChI is InChI=1S/C10H13NO4S/c1-3-7-14-10-6-4-5-9(11-10)8-15-16(2,12)13/h3-6H,1,7-8H2,2H3. The highest BCUT2D eigenvalue weighted by molar-refractivity contribution is 7.85. The molecule has 1 aromatic rings. The number of nitrogens with zero attached hydrogens (tertiary/aromatic N) is 1. The second-order valence-corrected chi connectivity index (χ2v) is 4.68. The first kappa shape index (κ1) is 12.7. The van der Waals surface area contributed by atoms with E-state index in [0.29, 0.717) is 18.2 Å². The van der Waals surface area contributed by atoms with E-state index in [0.717, 1.165) is 6.26 Å². The van der Waals surface area contributed by atoms with Crippen LogP contribution in [0.5, 0.6) is 5.88 Å². The van der Waals surface area contributed by atoms with Gasteiger partial charge in [-0.25, -0.2) is 4.98 Å². The van der Waals surface area contributed by atoms with Crippen LogP contribution in [0.25, 0.3) is 0 Å². The summed E-state index contributed by atoms with van der Waals surface area (Å²) in [7, 11) is -3.45. The Labute approximate surface area is 94.8 Å². The molecular formula is C10H13NO4S. The summed E-state index contributed by atoms with van der Waals surface area (Å²) in [5, 5.41) is 0. The van der Waals surface area contributed by atoms with Crippen LogP contribution < -0.4 is 4.74 Å². The molecule has 6 heteroatoms. The van der Waals surface area contributed by atoms with E-state index >= 15 is 0 Å². The average molecular weight is 243 g/mol. The van der Waals surface area contributed by atoms with Gasteiger partial charge in [0.1, 0.15) is 13.2 Å². The Balaban J connectivity index is 2.63. The first-order chi connectivity index (χ1) is 7.51.